The summed E-state index contributed by atoms with van der Waals surface area (Å²) in [5.41, 5.74) is 5.45. The summed E-state index contributed by atoms with van der Waals surface area (Å²) >= 11 is 0. The van der Waals surface area contributed by atoms with E-state index in [1.165, 1.54) is 45.4 Å². The Morgan fingerprint density at radius 3 is 2.15 bits per heavy atom. The number of aliphatic hydroxyl groups is 1. The van der Waals surface area contributed by atoms with Crippen LogP contribution in [0.1, 0.15) is 125 Å². The minimum absolute atomic E-state index is 0.0181. The lowest BCUT2D eigenvalue weighted by atomic mass is 9.43. The van der Waals surface area contributed by atoms with Crippen molar-refractivity contribution in [1.29, 1.82) is 0 Å². The lowest BCUT2D eigenvalue weighted by Gasteiger charge is -2.64. The Hall–Kier alpha value is -2.79. The summed E-state index contributed by atoms with van der Waals surface area (Å²) < 4.78 is 12.6. The van der Waals surface area contributed by atoms with E-state index in [0.29, 0.717) is 44.2 Å². The molecule has 9 N–H and O–H groups in total. The molecule has 4 fully saturated rings. The van der Waals surface area contributed by atoms with Crippen LogP contribution in [-0.4, -0.2) is 111 Å². The molecule has 4 rings (SSSR count). The highest BCUT2D eigenvalue weighted by molar-refractivity contribution is 6.46. The zero-order chi connectivity index (χ0) is 39.7. The SMILES string of the molecule is CCCCCCCCCCNCCC(=O)NCC(=O)NC(C(=O)NCC(=O)NC(CCCCN)C(=O)NCB1O[C@@H]2CC3CC(C3(C)C)[C@]2(C)O1)C(C)O. The topological polar surface area (TPSA) is 222 Å². The lowest BCUT2D eigenvalue weighted by Crippen LogP contribution is -2.65. The van der Waals surface area contributed by atoms with E-state index in [9.17, 15) is 29.1 Å². The average Bonchev–Trinajstić information content (AvgIpc) is 3.48. The zero-order valence-electron chi connectivity index (χ0n) is 33.6. The molecule has 15 nitrogen and oxygen atoms in total. The molecule has 7 atom stereocenters. The van der Waals surface area contributed by atoms with Gasteiger partial charge in [-0.2, -0.15) is 0 Å². The number of unbranched alkanes of at least 4 members (excludes halogenated alkanes) is 8. The Morgan fingerprint density at radius 2 is 1.48 bits per heavy atom. The van der Waals surface area contributed by atoms with Gasteiger partial charge in [-0.05, 0) is 82.7 Å². The first kappa shape index (κ1) is 45.6. The van der Waals surface area contributed by atoms with E-state index < -0.39 is 61.1 Å². The van der Waals surface area contributed by atoms with Crippen molar-refractivity contribution >= 4 is 36.7 Å². The molecule has 5 amide bonds. The predicted octanol–water partition coefficient (Wildman–Crippen LogP) is 1.20. The normalized spacial score (nSPS) is 24.0. The summed E-state index contributed by atoms with van der Waals surface area (Å²) in [5, 5.41) is 26.4. The number of hydrogen-bond acceptors (Lipinski definition) is 10. The van der Waals surface area contributed by atoms with E-state index >= 15 is 0 Å². The quantitative estimate of drug-likeness (QED) is 0.0441. The van der Waals surface area contributed by atoms with Gasteiger partial charge in [0, 0.05) is 13.0 Å². The fourth-order valence-corrected chi connectivity index (χ4v) is 8.24. The Balaban J connectivity index is 1.34. The molecule has 1 heterocycles. The number of nitrogens with one attached hydrogen (secondary N) is 6. The first-order chi connectivity index (χ1) is 25.7. The summed E-state index contributed by atoms with van der Waals surface area (Å²) in [4.78, 5) is 63.8. The number of nitrogens with two attached hydrogens (primary N) is 1. The maximum atomic E-state index is 13.3. The highest BCUT2D eigenvalue weighted by Crippen LogP contribution is 2.65. The highest BCUT2D eigenvalue weighted by atomic mass is 16.7. The molecule has 0 spiro atoms. The van der Waals surface area contributed by atoms with Crippen molar-refractivity contribution in [2.45, 2.75) is 154 Å². The van der Waals surface area contributed by atoms with Crippen molar-refractivity contribution in [1.82, 2.24) is 31.9 Å². The summed E-state index contributed by atoms with van der Waals surface area (Å²) in [5.74, 6) is -1.80. The molecule has 1 aliphatic heterocycles. The highest BCUT2D eigenvalue weighted by Gasteiger charge is 2.67. The summed E-state index contributed by atoms with van der Waals surface area (Å²) in [7, 11) is -0.592. The number of hydrogen-bond donors (Lipinski definition) is 8. The molecule has 5 unspecified atom stereocenters. The fourth-order valence-electron chi connectivity index (χ4n) is 8.24. The van der Waals surface area contributed by atoms with Crippen molar-refractivity contribution in [2.75, 3.05) is 39.2 Å². The smallest absolute Gasteiger partial charge is 0.404 e. The van der Waals surface area contributed by atoms with Gasteiger partial charge in [0.05, 0.1) is 37.3 Å². The van der Waals surface area contributed by atoms with Crippen LogP contribution in [0.5, 0.6) is 0 Å². The van der Waals surface area contributed by atoms with Gasteiger partial charge < -0.3 is 52.0 Å². The van der Waals surface area contributed by atoms with Gasteiger partial charge in [-0.1, -0.05) is 65.7 Å². The first-order valence-corrected chi connectivity index (χ1v) is 20.6. The standard InChI is InChI=1S/C38H70BN7O8/c1-6-7-8-9-10-11-12-15-19-41-20-17-31(48)42-23-33(50)46-34(26(2)47)36(52)43-24-32(49)45-28(16-13-14-18-40)35(51)44-25-39-53-30-22-27-21-29(37(27,3)4)38(30,5)54-39/h26-30,34,41,47H,6-25,40H2,1-5H3,(H,42,48)(H,43,52)(H,44,51)(H,45,49)(H,46,50)/t26?,27?,28?,29?,30-,34?,38+/m1/s1. The average molecular weight is 764 g/mol. The van der Waals surface area contributed by atoms with Gasteiger partial charge in [0.1, 0.15) is 12.1 Å². The number of amides is 5. The van der Waals surface area contributed by atoms with Crippen LogP contribution >= 0.6 is 0 Å². The minimum atomic E-state index is -1.37. The van der Waals surface area contributed by atoms with Crippen LogP contribution in [-0.2, 0) is 33.3 Å². The van der Waals surface area contributed by atoms with Gasteiger partial charge in [-0.25, -0.2) is 0 Å². The Morgan fingerprint density at radius 1 is 0.815 bits per heavy atom. The number of carbonyl (C=O) groups is 5. The largest absolute Gasteiger partial charge is 0.478 e. The van der Waals surface area contributed by atoms with Gasteiger partial charge >= 0.3 is 7.12 Å². The van der Waals surface area contributed by atoms with E-state index in [-0.39, 0.29) is 36.8 Å². The van der Waals surface area contributed by atoms with Crippen LogP contribution < -0.4 is 37.6 Å². The van der Waals surface area contributed by atoms with E-state index in [1.807, 2.05) is 0 Å². The molecule has 2 bridgehead atoms. The third-order valence-corrected chi connectivity index (χ3v) is 11.7. The molecule has 308 valence electrons. The lowest BCUT2D eigenvalue weighted by molar-refractivity contribution is -0.199. The predicted molar refractivity (Wildman–Crippen MR) is 208 cm³/mol. The third kappa shape index (κ3) is 13.8. The third-order valence-electron chi connectivity index (χ3n) is 11.7. The molecule has 1 saturated heterocycles. The Bertz CT molecular complexity index is 1230. The maximum absolute atomic E-state index is 13.3. The van der Waals surface area contributed by atoms with Crippen molar-refractivity contribution in [3.05, 3.63) is 0 Å². The Labute approximate surface area is 323 Å². The molecule has 16 heteroatoms. The molecule has 3 saturated carbocycles. The summed E-state index contributed by atoms with van der Waals surface area (Å²) in [6, 6.07) is -2.25. The molecule has 0 aromatic rings. The van der Waals surface area contributed by atoms with Gasteiger partial charge in [0.15, 0.2) is 0 Å². The van der Waals surface area contributed by atoms with Gasteiger partial charge in [0.2, 0.25) is 29.5 Å². The van der Waals surface area contributed by atoms with Crippen LogP contribution in [0, 0.1) is 17.3 Å². The van der Waals surface area contributed by atoms with Crippen molar-refractivity contribution in [2.24, 2.45) is 23.0 Å². The summed E-state index contributed by atoms with van der Waals surface area (Å²) in [6.45, 7) is 11.1. The number of carbonyl (C=O) groups excluding carboxylic acids is 5. The minimum Gasteiger partial charge on any atom is -0.404 e. The molecular weight excluding hydrogens is 693 g/mol. The molecule has 3 aliphatic carbocycles. The van der Waals surface area contributed by atoms with Gasteiger partial charge in [0.25, 0.3) is 0 Å². The monoisotopic (exact) mass is 764 g/mol. The molecule has 0 aromatic carbocycles. The Kier molecular flexibility index (Phi) is 19.2. The van der Waals surface area contributed by atoms with Gasteiger partial charge in [-0.15, -0.1) is 0 Å². The summed E-state index contributed by atoms with van der Waals surface area (Å²) in [6.07, 6.45) is 12.5. The zero-order valence-corrected chi connectivity index (χ0v) is 33.6. The van der Waals surface area contributed by atoms with Crippen LogP contribution in [0.15, 0.2) is 0 Å². The van der Waals surface area contributed by atoms with Crippen molar-refractivity contribution in [3.63, 3.8) is 0 Å². The van der Waals surface area contributed by atoms with Crippen LogP contribution in [0.2, 0.25) is 0 Å². The molecule has 0 aromatic heterocycles. The second kappa shape index (κ2) is 22.7. The van der Waals surface area contributed by atoms with E-state index in [2.05, 4.69) is 59.6 Å². The number of aliphatic hydroxyl groups excluding tert-OH is 1. The van der Waals surface area contributed by atoms with E-state index in [0.717, 1.165) is 32.2 Å². The maximum Gasteiger partial charge on any atom is 0.478 e. The van der Waals surface area contributed by atoms with E-state index in [4.69, 9.17) is 15.0 Å². The second-order valence-corrected chi connectivity index (χ2v) is 16.3. The molecule has 0 radical (unpaired) electrons. The molecular formula is C38H70BN7O8. The first-order valence-electron chi connectivity index (χ1n) is 20.6. The van der Waals surface area contributed by atoms with Gasteiger partial charge in [-0.3, -0.25) is 24.0 Å². The fraction of sp³-hybridized carbons (Fsp3) is 0.868. The van der Waals surface area contributed by atoms with Crippen molar-refractivity contribution < 1.29 is 38.4 Å². The van der Waals surface area contributed by atoms with Crippen LogP contribution in [0.3, 0.4) is 0 Å². The van der Waals surface area contributed by atoms with Crippen molar-refractivity contribution in [3.8, 4) is 0 Å². The molecule has 54 heavy (non-hydrogen) atoms. The van der Waals surface area contributed by atoms with Crippen LogP contribution in [0.4, 0.5) is 0 Å². The van der Waals surface area contributed by atoms with Crippen LogP contribution in [0.25, 0.3) is 0 Å². The second-order valence-electron chi connectivity index (χ2n) is 16.3. The number of rotatable bonds is 27. The molecule has 4 aliphatic rings. The van der Waals surface area contributed by atoms with E-state index in [1.54, 1.807) is 0 Å².